The SMILES string of the molecule is N#Cc1ccnc(N2CCN(C(=O)c3ccco3)CC2)c1. The van der Waals surface area contributed by atoms with Crippen LogP contribution in [0.2, 0.25) is 0 Å². The number of aromatic nitrogens is 1. The molecule has 0 radical (unpaired) electrons. The minimum absolute atomic E-state index is 0.0848. The molecule has 6 nitrogen and oxygen atoms in total. The van der Waals surface area contributed by atoms with Crippen LogP contribution < -0.4 is 4.90 Å². The Morgan fingerprint density at radius 3 is 2.76 bits per heavy atom. The van der Waals surface area contributed by atoms with Crippen molar-refractivity contribution >= 4 is 11.7 Å². The van der Waals surface area contributed by atoms with Crippen molar-refractivity contribution in [3.63, 3.8) is 0 Å². The number of pyridine rings is 1. The molecule has 0 aromatic carbocycles. The Morgan fingerprint density at radius 1 is 1.29 bits per heavy atom. The zero-order valence-corrected chi connectivity index (χ0v) is 11.4. The average Bonchev–Trinajstić information content (AvgIpc) is 3.09. The van der Waals surface area contributed by atoms with Gasteiger partial charge in [0.25, 0.3) is 5.91 Å². The lowest BCUT2D eigenvalue weighted by Crippen LogP contribution is -2.49. The van der Waals surface area contributed by atoms with E-state index in [1.807, 2.05) is 0 Å². The molecular weight excluding hydrogens is 268 g/mol. The molecule has 1 fully saturated rings. The van der Waals surface area contributed by atoms with Crippen LogP contribution >= 0.6 is 0 Å². The van der Waals surface area contributed by atoms with E-state index >= 15 is 0 Å². The third-order valence-electron chi connectivity index (χ3n) is 3.50. The number of hydrogen-bond donors (Lipinski definition) is 0. The smallest absolute Gasteiger partial charge is 0.289 e. The van der Waals surface area contributed by atoms with E-state index < -0.39 is 0 Å². The third-order valence-corrected chi connectivity index (χ3v) is 3.50. The molecule has 1 aliphatic heterocycles. The zero-order chi connectivity index (χ0) is 14.7. The van der Waals surface area contributed by atoms with Crippen LogP contribution in [0.4, 0.5) is 5.82 Å². The summed E-state index contributed by atoms with van der Waals surface area (Å²) in [7, 11) is 0. The lowest BCUT2D eigenvalue weighted by Gasteiger charge is -2.35. The van der Waals surface area contributed by atoms with Crippen LogP contribution in [0, 0.1) is 11.3 Å². The Balaban J connectivity index is 1.65. The second-order valence-electron chi connectivity index (χ2n) is 4.77. The van der Waals surface area contributed by atoms with Gasteiger partial charge in [0.05, 0.1) is 17.9 Å². The molecule has 3 rings (SSSR count). The highest BCUT2D eigenvalue weighted by atomic mass is 16.3. The summed E-state index contributed by atoms with van der Waals surface area (Å²) in [6, 6.07) is 8.94. The van der Waals surface area contributed by atoms with Gasteiger partial charge in [0.15, 0.2) is 5.76 Å². The van der Waals surface area contributed by atoms with Crippen LogP contribution in [-0.4, -0.2) is 42.0 Å². The fourth-order valence-corrected chi connectivity index (χ4v) is 2.36. The molecule has 21 heavy (non-hydrogen) atoms. The molecule has 0 saturated carbocycles. The number of nitrogens with zero attached hydrogens (tertiary/aromatic N) is 4. The van der Waals surface area contributed by atoms with E-state index in [-0.39, 0.29) is 5.91 Å². The molecule has 0 atom stereocenters. The summed E-state index contributed by atoms with van der Waals surface area (Å²) in [5, 5.41) is 8.92. The normalized spacial score (nSPS) is 14.8. The molecule has 0 bridgehead atoms. The number of anilines is 1. The van der Waals surface area contributed by atoms with Crippen molar-refractivity contribution < 1.29 is 9.21 Å². The van der Waals surface area contributed by atoms with Gasteiger partial charge >= 0.3 is 0 Å². The van der Waals surface area contributed by atoms with Gasteiger partial charge in [-0.25, -0.2) is 4.98 Å². The van der Waals surface area contributed by atoms with Crippen molar-refractivity contribution in [3.8, 4) is 6.07 Å². The van der Waals surface area contributed by atoms with Crippen LogP contribution in [0.1, 0.15) is 16.1 Å². The first-order valence-corrected chi connectivity index (χ1v) is 6.72. The highest BCUT2D eigenvalue weighted by Gasteiger charge is 2.24. The maximum Gasteiger partial charge on any atom is 0.289 e. The fraction of sp³-hybridized carbons (Fsp3) is 0.267. The molecule has 0 spiro atoms. The Morgan fingerprint density at radius 2 is 2.10 bits per heavy atom. The van der Waals surface area contributed by atoms with E-state index in [1.165, 1.54) is 6.26 Å². The number of rotatable bonds is 2. The molecule has 0 N–H and O–H groups in total. The number of hydrogen-bond acceptors (Lipinski definition) is 5. The quantitative estimate of drug-likeness (QED) is 0.834. The molecule has 0 aliphatic carbocycles. The Hall–Kier alpha value is -2.81. The number of furan rings is 1. The second-order valence-corrected chi connectivity index (χ2v) is 4.77. The van der Waals surface area contributed by atoms with Gasteiger partial charge in [0, 0.05) is 32.4 Å². The highest BCUT2D eigenvalue weighted by molar-refractivity contribution is 5.91. The lowest BCUT2D eigenvalue weighted by molar-refractivity contribution is 0.0714. The van der Waals surface area contributed by atoms with Crippen molar-refractivity contribution in [2.45, 2.75) is 0 Å². The standard InChI is InChI=1S/C15H14N4O2/c16-11-12-3-4-17-14(10-12)18-5-7-19(8-6-18)15(20)13-2-1-9-21-13/h1-4,9-10H,5-8H2. The van der Waals surface area contributed by atoms with Crippen LogP contribution in [0.3, 0.4) is 0 Å². The molecule has 3 heterocycles. The Bertz CT molecular complexity index is 667. The molecule has 1 aliphatic rings. The summed E-state index contributed by atoms with van der Waals surface area (Å²) in [5.41, 5.74) is 0.592. The van der Waals surface area contributed by atoms with Gasteiger partial charge < -0.3 is 14.2 Å². The molecule has 2 aromatic rings. The van der Waals surface area contributed by atoms with E-state index in [2.05, 4.69) is 16.0 Å². The molecular formula is C15H14N4O2. The van der Waals surface area contributed by atoms with Gasteiger partial charge in [0.2, 0.25) is 0 Å². The van der Waals surface area contributed by atoms with E-state index in [0.717, 1.165) is 5.82 Å². The second kappa shape index (κ2) is 5.67. The molecule has 1 saturated heterocycles. The average molecular weight is 282 g/mol. The first-order valence-electron chi connectivity index (χ1n) is 6.72. The predicted octanol–water partition coefficient (Wildman–Crippen LogP) is 1.51. The van der Waals surface area contributed by atoms with Crippen molar-refractivity contribution in [1.82, 2.24) is 9.88 Å². The minimum atomic E-state index is -0.0848. The molecule has 106 valence electrons. The van der Waals surface area contributed by atoms with Crippen molar-refractivity contribution in [3.05, 3.63) is 48.0 Å². The Labute approximate surface area is 122 Å². The maximum absolute atomic E-state index is 12.2. The van der Waals surface area contributed by atoms with Crippen molar-refractivity contribution in [2.24, 2.45) is 0 Å². The first-order chi connectivity index (χ1) is 10.3. The topological polar surface area (TPSA) is 73.4 Å². The molecule has 0 unspecified atom stereocenters. The first kappa shape index (κ1) is 13.2. The van der Waals surface area contributed by atoms with E-state index in [4.69, 9.17) is 9.68 Å². The van der Waals surface area contributed by atoms with E-state index in [1.54, 1.807) is 35.4 Å². The van der Waals surface area contributed by atoms with Crippen LogP contribution in [0.5, 0.6) is 0 Å². The maximum atomic E-state index is 12.2. The monoisotopic (exact) mass is 282 g/mol. The van der Waals surface area contributed by atoms with Crippen molar-refractivity contribution in [1.29, 1.82) is 5.26 Å². The van der Waals surface area contributed by atoms with Gasteiger partial charge in [-0.3, -0.25) is 4.79 Å². The highest BCUT2D eigenvalue weighted by Crippen LogP contribution is 2.16. The number of carbonyl (C=O) groups excluding carboxylic acids is 1. The van der Waals surface area contributed by atoms with Gasteiger partial charge in [-0.05, 0) is 24.3 Å². The lowest BCUT2D eigenvalue weighted by atomic mass is 10.2. The molecule has 2 aromatic heterocycles. The van der Waals surface area contributed by atoms with Gasteiger partial charge in [0.1, 0.15) is 5.82 Å². The predicted molar refractivity (Wildman–Crippen MR) is 75.8 cm³/mol. The van der Waals surface area contributed by atoms with E-state index in [0.29, 0.717) is 37.5 Å². The summed E-state index contributed by atoms with van der Waals surface area (Å²) >= 11 is 0. The summed E-state index contributed by atoms with van der Waals surface area (Å²) in [5.74, 6) is 1.06. The summed E-state index contributed by atoms with van der Waals surface area (Å²) in [4.78, 5) is 20.3. The van der Waals surface area contributed by atoms with Crippen LogP contribution in [-0.2, 0) is 0 Å². The van der Waals surface area contributed by atoms with Crippen LogP contribution in [0.25, 0.3) is 0 Å². The zero-order valence-electron chi connectivity index (χ0n) is 11.4. The van der Waals surface area contributed by atoms with Gasteiger partial charge in [-0.15, -0.1) is 0 Å². The molecule has 1 amide bonds. The van der Waals surface area contributed by atoms with Crippen LogP contribution in [0.15, 0.2) is 41.1 Å². The van der Waals surface area contributed by atoms with E-state index in [9.17, 15) is 4.79 Å². The van der Waals surface area contributed by atoms with Gasteiger partial charge in [-0.1, -0.05) is 0 Å². The van der Waals surface area contributed by atoms with Gasteiger partial charge in [-0.2, -0.15) is 5.26 Å². The Kier molecular flexibility index (Phi) is 3.56. The molecule has 6 heteroatoms. The number of amides is 1. The summed E-state index contributed by atoms with van der Waals surface area (Å²) in [6.45, 7) is 2.60. The number of piperazine rings is 1. The summed E-state index contributed by atoms with van der Waals surface area (Å²) in [6.07, 6.45) is 3.13. The summed E-state index contributed by atoms with van der Waals surface area (Å²) < 4.78 is 5.14. The minimum Gasteiger partial charge on any atom is -0.459 e. The fourth-order valence-electron chi connectivity index (χ4n) is 2.36. The third kappa shape index (κ3) is 2.72. The number of nitriles is 1. The largest absolute Gasteiger partial charge is 0.459 e. The number of carbonyl (C=O) groups is 1. The van der Waals surface area contributed by atoms with Crippen molar-refractivity contribution in [2.75, 3.05) is 31.1 Å².